The maximum Gasteiger partial charge on any atom is 0.315 e. The quantitative estimate of drug-likeness (QED) is 0.593. The monoisotopic (exact) mass is 382 g/mol. The molecule has 3 amide bonds. The van der Waals surface area contributed by atoms with E-state index in [1.54, 1.807) is 17.0 Å². The molecule has 0 unspecified atom stereocenters. The molecular formula is C18H27ClN4O3. The molecule has 1 aromatic carbocycles. The summed E-state index contributed by atoms with van der Waals surface area (Å²) in [6, 6.07) is 6.85. The van der Waals surface area contributed by atoms with Crippen molar-refractivity contribution >= 4 is 23.5 Å². The number of piperidine rings is 1. The first-order chi connectivity index (χ1) is 12.6. The normalized spacial score (nSPS) is 14.9. The van der Waals surface area contributed by atoms with Crippen LogP contribution in [-0.2, 0) is 16.1 Å². The van der Waals surface area contributed by atoms with Gasteiger partial charge in [-0.25, -0.2) is 4.79 Å². The molecule has 0 aromatic heterocycles. The summed E-state index contributed by atoms with van der Waals surface area (Å²) in [5, 5.41) is 5.97. The number of carbonyl (C=O) groups excluding carboxylic acids is 2. The molecule has 1 saturated heterocycles. The smallest absolute Gasteiger partial charge is 0.315 e. The largest absolute Gasteiger partial charge is 0.378 e. The lowest BCUT2D eigenvalue weighted by Crippen LogP contribution is -2.47. The molecule has 0 aliphatic carbocycles. The van der Waals surface area contributed by atoms with Crippen molar-refractivity contribution in [3.8, 4) is 0 Å². The fourth-order valence-electron chi connectivity index (χ4n) is 2.72. The van der Waals surface area contributed by atoms with Crippen LogP contribution in [0.1, 0.15) is 24.8 Å². The van der Waals surface area contributed by atoms with E-state index in [-0.39, 0.29) is 24.6 Å². The highest BCUT2D eigenvalue weighted by Crippen LogP contribution is 2.14. The first kappa shape index (κ1) is 20.5. The molecule has 7 nitrogen and oxygen atoms in total. The molecule has 0 atom stereocenters. The summed E-state index contributed by atoms with van der Waals surface area (Å²) in [6.45, 7) is 2.97. The molecule has 8 heteroatoms. The average molecular weight is 383 g/mol. The van der Waals surface area contributed by atoms with Crippen molar-refractivity contribution in [2.75, 3.05) is 32.8 Å². The molecule has 0 bridgehead atoms. The minimum absolute atomic E-state index is 0.00878. The molecular weight excluding hydrogens is 356 g/mol. The van der Waals surface area contributed by atoms with Gasteiger partial charge >= 0.3 is 6.03 Å². The Morgan fingerprint density at radius 3 is 2.54 bits per heavy atom. The Hall–Kier alpha value is -1.83. The van der Waals surface area contributed by atoms with Crippen LogP contribution in [0.15, 0.2) is 24.3 Å². The fraction of sp³-hybridized carbons (Fsp3) is 0.556. The van der Waals surface area contributed by atoms with Gasteiger partial charge in [-0.1, -0.05) is 23.7 Å². The van der Waals surface area contributed by atoms with Crippen LogP contribution in [0.5, 0.6) is 0 Å². The van der Waals surface area contributed by atoms with Crippen molar-refractivity contribution < 1.29 is 14.3 Å². The molecule has 1 heterocycles. The maximum atomic E-state index is 12.2. The molecule has 1 aliphatic rings. The van der Waals surface area contributed by atoms with E-state index in [9.17, 15) is 9.59 Å². The topological polar surface area (TPSA) is 96.7 Å². The van der Waals surface area contributed by atoms with Gasteiger partial charge in [0.1, 0.15) is 0 Å². The van der Waals surface area contributed by atoms with E-state index in [4.69, 9.17) is 22.1 Å². The predicted molar refractivity (Wildman–Crippen MR) is 101 cm³/mol. The highest BCUT2D eigenvalue weighted by molar-refractivity contribution is 6.30. The number of hydrogen-bond donors (Lipinski definition) is 3. The lowest BCUT2D eigenvalue weighted by molar-refractivity contribution is -0.132. The molecule has 0 saturated carbocycles. The Kier molecular flexibility index (Phi) is 8.67. The number of nitrogens with zero attached hydrogens (tertiary/aromatic N) is 1. The Morgan fingerprint density at radius 1 is 1.19 bits per heavy atom. The van der Waals surface area contributed by atoms with Crippen LogP contribution in [0.25, 0.3) is 0 Å². The van der Waals surface area contributed by atoms with E-state index in [1.807, 2.05) is 12.1 Å². The number of likely N-dealkylation sites (tertiary alicyclic amines) is 1. The number of benzene rings is 1. The van der Waals surface area contributed by atoms with Gasteiger partial charge in [-0.15, -0.1) is 0 Å². The third-order valence-electron chi connectivity index (χ3n) is 4.26. The van der Waals surface area contributed by atoms with Gasteiger partial charge in [0.25, 0.3) is 0 Å². The van der Waals surface area contributed by atoms with Crippen LogP contribution in [0.2, 0.25) is 5.02 Å². The van der Waals surface area contributed by atoms with Gasteiger partial charge in [0.05, 0.1) is 12.6 Å². The summed E-state index contributed by atoms with van der Waals surface area (Å²) in [5.74, 6) is -0.0768. The van der Waals surface area contributed by atoms with E-state index < -0.39 is 0 Å². The predicted octanol–water partition coefficient (Wildman–Crippen LogP) is 1.50. The maximum absolute atomic E-state index is 12.2. The van der Waals surface area contributed by atoms with Crippen molar-refractivity contribution in [3.63, 3.8) is 0 Å². The number of ether oxygens (including phenoxy) is 1. The number of hydrogen-bond acceptors (Lipinski definition) is 4. The summed E-state index contributed by atoms with van der Waals surface area (Å²) in [4.78, 5) is 25.8. The third kappa shape index (κ3) is 7.19. The van der Waals surface area contributed by atoms with E-state index in [2.05, 4.69) is 10.6 Å². The highest BCUT2D eigenvalue weighted by Gasteiger charge is 2.23. The number of halogens is 1. The van der Waals surface area contributed by atoms with Crippen LogP contribution in [0.4, 0.5) is 4.79 Å². The average Bonchev–Trinajstić information content (AvgIpc) is 2.66. The van der Waals surface area contributed by atoms with Crippen LogP contribution in [0.3, 0.4) is 0 Å². The first-order valence-corrected chi connectivity index (χ1v) is 9.32. The van der Waals surface area contributed by atoms with Crippen LogP contribution in [0, 0.1) is 0 Å². The Bertz CT molecular complexity index is 574. The standard InChI is InChI=1S/C18H27ClN4O3/c19-15-4-2-14(3-5-15)12-21-18(25)22-13-17(24)23-9-6-16(7-10-23)26-11-1-8-20/h2-5,16H,1,6-13,20H2,(H2,21,22,25). The fourth-order valence-corrected chi connectivity index (χ4v) is 2.85. The van der Waals surface area contributed by atoms with Gasteiger partial charge in [-0.2, -0.15) is 0 Å². The minimum atomic E-state index is -0.367. The minimum Gasteiger partial charge on any atom is -0.378 e. The molecule has 1 fully saturated rings. The molecule has 144 valence electrons. The lowest BCUT2D eigenvalue weighted by Gasteiger charge is -2.32. The zero-order valence-electron chi connectivity index (χ0n) is 14.9. The summed E-state index contributed by atoms with van der Waals surface area (Å²) in [5.41, 5.74) is 6.38. The van der Waals surface area contributed by atoms with Crippen LogP contribution < -0.4 is 16.4 Å². The van der Waals surface area contributed by atoms with Crippen molar-refractivity contribution in [1.82, 2.24) is 15.5 Å². The van der Waals surface area contributed by atoms with Crippen molar-refractivity contribution in [3.05, 3.63) is 34.9 Å². The van der Waals surface area contributed by atoms with Crippen LogP contribution in [-0.4, -0.2) is 55.7 Å². The SMILES string of the molecule is NCCCOC1CCN(C(=O)CNC(=O)NCc2ccc(Cl)cc2)CC1. The van der Waals surface area contributed by atoms with Crippen molar-refractivity contribution in [1.29, 1.82) is 0 Å². The third-order valence-corrected chi connectivity index (χ3v) is 4.52. The molecule has 26 heavy (non-hydrogen) atoms. The van der Waals surface area contributed by atoms with Gasteiger partial charge in [0, 0.05) is 31.3 Å². The highest BCUT2D eigenvalue weighted by atomic mass is 35.5. The number of nitrogens with two attached hydrogens (primary N) is 1. The van der Waals surface area contributed by atoms with Crippen molar-refractivity contribution in [2.24, 2.45) is 5.73 Å². The van der Waals surface area contributed by atoms with Crippen LogP contribution >= 0.6 is 11.6 Å². The Labute approximate surface area is 159 Å². The summed E-state index contributed by atoms with van der Waals surface area (Å²) in [6.07, 6.45) is 2.69. The number of nitrogens with one attached hydrogen (secondary N) is 2. The first-order valence-electron chi connectivity index (χ1n) is 8.94. The molecule has 4 N–H and O–H groups in total. The van der Waals surface area contributed by atoms with E-state index in [0.717, 1.165) is 24.8 Å². The molecule has 0 radical (unpaired) electrons. The second kappa shape index (κ2) is 11.0. The van der Waals surface area contributed by atoms with Crippen molar-refractivity contribution in [2.45, 2.75) is 31.9 Å². The Morgan fingerprint density at radius 2 is 1.88 bits per heavy atom. The zero-order chi connectivity index (χ0) is 18.8. The molecule has 0 spiro atoms. The number of urea groups is 1. The Balaban J connectivity index is 1.61. The molecule has 1 aliphatic heterocycles. The zero-order valence-corrected chi connectivity index (χ0v) is 15.6. The van der Waals surface area contributed by atoms with Gasteiger partial charge in [-0.05, 0) is 43.5 Å². The number of rotatable bonds is 8. The molecule has 2 rings (SSSR count). The summed E-state index contributed by atoms with van der Waals surface area (Å²) < 4.78 is 5.72. The summed E-state index contributed by atoms with van der Waals surface area (Å²) in [7, 11) is 0. The van der Waals surface area contributed by atoms with E-state index in [0.29, 0.717) is 37.8 Å². The van der Waals surface area contributed by atoms with E-state index >= 15 is 0 Å². The van der Waals surface area contributed by atoms with E-state index in [1.165, 1.54) is 0 Å². The number of carbonyl (C=O) groups is 2. The van der Waals surface area contributed by atoms with Gasteiger partial charge in [-0.3, -0.25) is 4.79 Å². The lowest BCUT2D eigenvalue weighted by atomic mass is 10.1. The van der Waals surface area contributed by atoms with Gasteiger partial charge < -0.3 is 26.0 Å². The van der Waals surface area contributed by atoms with Gasteiger partial charge in [0.15, 0.2) is 0 Å². The number of amides is 3. The summed E-state index contributed by atoms with van der Waals surface area (Å²) >= 11 is 5.82. The second-order valence-corrected chi connectivity index (χ2v) is 6.69. The molecule has 1 aromatic rings. The van der Waals surface area contributed by atoms with Gasteiger partial charge in [0.2, 0.25) is 5.91 Å². The second-order valence-electron chi connectivity index (χ2n) is 6.26.